The maximum Gasteiger partial charge on any atom is 0.220 e. The summed E-state index contributed by atoms with van der Waals surface area (Å²) in [6.07, 6.45) is 6.42. The minimum absolute atomic E-state index is 0. The van der Waals surface area contributed by atoms with Gasteiger partial charge in [0.05, 0.1) is 6.04 Å². The summed E-state index contributed by atoms with van der Waals surface area (Å²) in [6.45, 7) is 0. The summed E-state index contributed by atoms with van der Waals surface area (Å²) in [5, 5.41) is 3.19. The van der Waals surface area contributed by atoms with Crippen LogP contribution >= 0.6 is 12.4 Å². The van der Waals surface area contributed by atoms with E-state index in [1.165, 1.54) is 24.0 Å². The number of hydrogen-bond donors (Lipinski definition) is 2. The molecule has 1 saturated carbocycles. The van der Waals surface area contributed by atoms with Crippen molar-refractivity contribution in [3.8, 4) is 0 Å². The van der Waals surface area contributed by atoms with E-state index in [4.69, 9.17) is 5.73 Å². The van der Waals surface area contributed by atoms with E-state index in [0.29, 0.717) is 12.3 Å². The summed E-state index contributed by atoms with van der Waals surface area (Å²) < 4.78 is 0. The van der Waals surface area contributed by atoms with Crippen molar-refractivity contribution in [3.05, 3.63) is 29.3 Å². The van der Waals surface area contributed by atoms with Gasteiger partial charge in [0, 0.05) is 12.1 Å². The SMILES string of the molecule is Cl.Nc1ccc2c(c1)CCCC2NC(=O)CC1CC1. The number of halogens is 1. The van der Waals surface area contributed by atoms with Gasteiger partial charge in [-0.05, 0) is 61.3 Å². The first-order chi connectivity index (χ1) is 8.72. The van der Waals surface area contributed by atoms with E-state index in [-0.39, 0.29) is 24.4 Å². The zero-order valence-electron chi connectivity index (χ0n) is 11.0. The van der Waals surface area contributed by atoms with Gasteiger partial charge in [0.25, 0.3) is 0 Å². The fourth-order valence-corrected chi connectivity index (χ4v) is 2.82. The Morgan fingerprint density at radius 1 is 1.32 bits per heavy atom. The number of benzene rings is 1. The molecule has 3 rings (SSSR count). The monoisotopic (exact) mass is 280 g/mol. The Kier molecular flexibility index (Phi) is 4.35. The van der Waals surface area contributed by atoms with Crippen molar-refractivity contribution in [2.24, 2.45) is 5.92 Å². The molecule has 0 bridgehead atoms. The highest BCUT2D eigenvalue weighted by molar-refractivity contribution is 5.85. The molecule has 4 heteroatoms. The van der Waals surface area contributed by atoms with Crippen molar-refractivity contribution in [3.63, 3.8) is 0 Å². The molecule has 2 aliphatic carbocycles. The third-order valence-corrected chi connectivity index (χ3v) is 3.99. The first kappa shape index (κ1) is 14.2. The zero-order chi connectivity index (χ0) is 12.5. The van der Waals surface area contributed by atoms with Gasteiger partial charge in [0.2, 0.25) is 5.91 Å². The standard InChI is InChI=1S/C15H20N2O.ClH/c16-12-6-7-13-11(9-12)2-1-3-14(13)17-15(18)8-10-4-5-10;/h6-7,9-10,14H,1-5,8,16H2,(H,17,18);1H. The fraction of sp³-hybridized carbons (Fsp3) is 0.533. The number of carbonyl (C=O) groups is 1. The number of nitrogen functional groups attached to an aromatic ring is 1. The van der Waals surface area contributed by atoms with E-state index >= 15 is 0 Å². The molecule has 19 heavy (non-hydrogen) atoms. The first-order valence-corrected chi connectivity index (χ1v) is 6.90. The lowest BCUT2D eigenvalue weighted by Gasteiger charge is -2.26. The molecule has 0 heterocycles. The van der Waals surface area contributed by atoms with E-state index < -0.39 is 0 Å². The number of anilines is 1. The van der Waals surface area contributed by atoms with Gasteiger partial charge < -0.3 is 11.1 Å². The molecule has 1 amide bonds. The molecule has 2 aliphatic rings. The second-order valence-corrected chi connectivity index (χ2v) is 5.62. The second-order valence-electron chi connectivity index (χ2n) is 5.62. The summed E-state index contributed by atoms with van der Waals surface area (Å²) >= 11 is 0. The maximum atomic E-state index is 11.9. The molecule has 1 aromatic rings. The van der Waals surface area contributed by atoms with Crippen LogP contribution in [0.25, 0.3) is 0 Å². The third kappa shape index (κ3) is 3.41. The van der Waals surface area contributed by atoms with Crippen molar-refractivity contribution < 1.29 is 4.79 Å². The highest BCUT2D eigenvalue weighted by atomic mass is 35.5. The Labute approximate surface area is 120 Å². The van der Waals surface area contributed by atoms with Gasteiger partial charge in [0.15, 0.2) is 0 Å². The number of aryl methyl sites for hydroxylation is 1. The predicted molar refractivity (Wildman–Crippen MR) is 79.3 cm³/mol. The molecule has 1 unspecified atom stereocenters. The number of carbonyl (C=O) groups excluding carboxylic acids is 1. The van der Waals surface area contributed by atoms with Crippen LogP contribution in [0.4, 0.5) is 5.69 Å². The molecule has 104 valence electrons. The number of nitrogens with two attached hydrogens (primary N) is 1. The van der Waals surface area contributed by atoms with Gasteiger partial charge in [-0.25, -0.2) is 0 Å². The lowest BCUT2D eigenvalue weighted by atomic mass is 9.87. The van der Waals surface area contributed by atoms with Crippen LogP contribution in [0.15, 0.2) is 18.2 Å². The van der Waals surface area contributed by atoms with Crippen LogP contribution in [0.3, 0.4) is 0 Å². The number of nitrogens with one attached hydrogen (secondary N) is 1. The summed E-state index contributed by atoms with van der Waals surface area (Å²) in [5.41, 5.74) is 9.20. The molecule has 1 aromatic carbocycles. The third-order valence-electron chi connectivity index (χ3n) is 3.99. The molecule has 3 N–H and O–H groups in total. The van der Waals surface area contributed by atoms with Crippen LogP contribution in [0.5, 0.6) is 0 Å². The molecule has 1 fully saturated rings. The molecule has 0 radical (unpaired) electrons. The lowest BCUT2D eigenvalue weighted by Crippen LogP contribution is -2.31. The molecule has 1 atom stereocenters. The van der Waals surface area contributed by atoms with Crippen LogP contribution < -0.4 is 11.1 Å². The number of fused-ring (bicyclic) bond motifs is 1. The molecular formula is C15H21ClN2O. The Hall–Kier alpha value is -1.22. The van der Waals surface area contributed by atoms with Crippen LogP contribution in [-0.4, -0.2) is 5.91 Å². The van der Waals surface area contributed by atoms with E-state index in [0.717, 1.165) is 24.9 Å². The topological polar surface area (TPSA) is 55.1 Å². The molecule has 0 spiro atoms. The number of hydrogen-bond acceptors (Lipinski definition) is 2. The first-order valence-electron chi connectivity index (χ1n) is 6.90. The van der Waals surface area contributed by atoms with Gasteiger partial charge in [-0.3, -0.25) is 4.79 Å². The van der Waals surface area contributed by atoms with Crippen molar-refractivity contribution in [1.29, 1.82) is 0 Å². The van der Waals surface area contributed by atoms with Crippen molar-refractivity contribution in [2.45, 2.75) is 44.6 Å². The van der Waals surface area contributed by atoms with Crippen LogP contribution in [0, 0.1) is 5.92 Å². The Bertz CT molecular complexity index is 471. The van der Waals surface area contributed by atoms with Crippen molar-refractivity contribution in [1.82, 2.24) is 5.32 Å². The fourth-order valence-electron chi connectivity index (χ4n) is 2.82. The number of amides is 1. The molecule has 0 saturated heterocycles. The highest BCUT2D eigenvalue weighted by Crippen LogP contribution is 2.34. The maximum absolute atomic E-state index is 11.9. The predicted octanol–water partition coefficient (Wildman–Crippen LogP) is 2.98. The zero-order valence-corrected chi connectivity index (χ0v) is 11.8. The minimum Gasteiger partial charge on any atom is -0.399 e. The number of rotatable bonds is 3. The van der Waals surface area contributed by atoms with Gasteiger partial charge >= 0.3 is 0 Å². The normalized spacial score (nSPS) is 21.2. The summed E-state index contributed by atoms with van der Waals surface area (Å²) in [6, 6.07) is 6.26. The van der Waals surface area contributed by atoms with Gasteiger partial charge in [-0.2, -0.15) is 0 Å². The van der Waals surface area contributed by atoms with Crippen LogP contribution in [-0.2, 0) is 11.2 Å². The molecular weight excluding hydrogens is 260 g/mol. The van der Waals surface area contributed by atoms with E-state index in [9.17, 15) is 4.79 Å². The van der Waals surface area contributed by atoms with Crippen molar-refractivity contribution >= 4 is 24.0 Å². The minimum atomic E-state index is 0. The quantitative estimate of drug-likeness (QED) is 0.837. The Balaban J connectivity index is 0.00000133. The summed E-state index contributed by atoms with van der Waals surface area (Å²) in [7, 11) is 0. The van der Waals surface area contributed by atoms with Crippen LogP contribution in [0.1, 0.15) is 49.3 Å². The van der Waals surface area contributed by atoms with E-state index in [1.807, 2.05) is 6.07 Å². The molecule has 3 nitrogen and oxygen atoms in total. The van der Waals surface area contributed by atoms with E-state index in [2.05, 4.69) is 17.4 Å². The highest BCUT2D eigenvalue weighted by Gasteiger charge is 2.27. The van der Waals surface area contributed by atoms with Gasteiger partial charge in [-0.15, -0.1) is 12.4 Å². The van der Waals surface area contributed by atoms with Crippen molar-refractivity contribution in [2.75, 3.05) is 5.73 Å². The van der Waals surface area contributed by atoms with Gasteiger partial charge in [-0.1, -0.05) is 6.07 Å². The summed E-state index contributed by atoms with van der Waals surface area (Å²) in [5.74, 6) is 0.867. The smallest absolute Gasteiger partial charge is 0.220 e. The molecule has 0 aliphatic heterocycles. The average Bonchev–Trinajstić information content (AvgIpc) is 3.12. The largest absolute Gasteiger partial charge is 0.399 e. The Morgan fingerprint density at radius 3 is 2.84 bits per heavy atom. The lowest BCUT2D eigenvalue weighted by molar-refractivity contribution is -0.122. The van der Waals surface area contributed by atoms with E-state index in [1.54, 1.807) is 0 Å². The molecule has 0 aromatic heterocycles. The average molecular weight is 281 g/mol. The summed E-state index contributed by atoms with van der Waals surface area (Å²) in [4.78, 5) is 11.9. The van der Waals surface area contributed by atoms with Gasteiger partial charge in [0.1, 0.15) is 0 Å². The Morgan fingerprint density at radius 2 is 2.11 bits per heavy atom. The second kappa shape index (κ2) is 5.83. The van der Waals surface area contributed by atoms with Crippen LogP contribution in [0.2, 0.25) is 0 Å².